The van der Waals surface area contributed by atoms with E-state index >= 15 is 0 Å². The first-order valence-corrected chi connectivity index (χ1v) is 56.9. The van der Waals surface area contributed by atoms with E-state index in [1.165, 1.54) is 134 Å². The summed E-state index contributed by atoms with van der Waals surface area (Å²) >= 11 is -5.26. The van der Waals surface area contributed by atoms with Crippen molar-refractivity contribution in [1.82, 2.24) is 0 Å². The SMILES string of the molecule is Cc1ccc(C2=Cc3c(-c4ccc(C(C)(C)C)cc4)cccc3[CH]2[Zr]([CH]2C(c3ccc(C)o3)=Cc3c(-c4ccc(C(C)(C)C)cc4)cccc32)=[Si](C)C)o1.Cc1ccc(C2=Cc3c(-c4ccc(C(C)(C)C)cc4)cccc3[CH]2[Zr]([CH]2C(c3ccc(C)o3)=Cc3c(-c4ccc(C(C)(C)C)cc4)cccc32)=[Si](C)C)o1. The number of furan rings is 4. The van der Waals surface area contributed by atoms with E-state index in [2.05, 4.69) is 380 Å². The molecule has 4 nitrogen and oxygen atoms in total. The molecular formula is C100H104O4Si2Zr2. The van der Waals surface area contributed by atoms with Crippen LogP contribution >= 0.6 is 0 Å². The summed E-state index contributed by atoms with van der Waals surface area (Å²) in [4.78, 5) is 0. The third-order valence-electron chi connectivity index (χ3n) is 23.0. The molecule has 4 aliphatic carbocycles. The van der Waals surface area contributed by atoms with Crippen molar-refractivity contribution in [1.29, 1.82) is 0 Å². The van der Waals surface area contributed by atoms with Gasteiger partial charge in [-0.1, -0.05) is 0 Å². The van der Waals surface area contributed by atoms with E-state index in [0.717, 1.165) is 46.1 Å². The molecule has 4 aromatic heterocycles. The molecule has 4 aliphatic rings. The Labute approximate surface area is 658 Å². The molecule has 4 heterocycles. The van der Waals surface area contributed by atoms with Crippen LogP contribution in [0.3, 0.4) is 0 Å². The van der Waals surface area contributed by atoms with Crippen LogP contribution in [0.5, 0.6) is 0 Å². The quantitative estimate of drug-likeness (QED) is 0.114. The van der Waals surface area contributed by atoms with Gasteiger partial charge >= 0.3 is 665 Å². The first-order valence-electron chi connectivity index (χ1n) is 38.8. The Morgan fingerprint density at radius 2 is 0.444 bits per heavy atom. The number of fused-ring (bicyclic) bond motifs is 4. The van der Waals surface area contributed by atoms with Crippen molar-refractivity contribution in [3.8, 4) is 44.5 Å². The van der Waals surface area contributed by atoms with Gasteiger partial charge in [-0.3, -0.25) is 0 Å². The van der Waals surface area contributed by atoms with Crippen molar-refractivity contribution in [2.45, 2.75) is 173 Å². The van der Waals surface area contributed by atoms with Crippen LogP contribution in [0.2, 0.25) is 26.2 Å². The summed E-state index contributed by atoms with van der Waals surface area (Å²) in [6.45, 7) is 46.1. The van der Waals surface area contributed by atoms with Crippen molar-refractivity contribution in [2.75, 3.05) is 0 Å². The molecule has 0 saturated carbocycles. The minimum absolute atomic E-state index is 0.110. The predicted molar refractivity (Wildman–Crippen MR) is 454 cm³/mol. The average Bonchev–Trinajstić information content (AvgIpc) is 1.57. The van der Waals surface area contributed by atoms with Gasteiger partial charge in [-0.25, -0.2) is 0 Å². The van der Waals surface area contributed by atoms with Gasteiger partial charge in [0.2, 0.25) is 0 Å². The minimum atomic E-state index is -2.63. The Morgan fingerprint density at radius 1 is 0.250 bits per heavy atom. The fraction of sp³-hybridized carbons (Fsp3) is 0.280. The van der Waals surface area contributed by atoms with Crippen LogP contribution in [-0.4, -0.2) is 10.9 Å². The average molecular weight is 1610 g/mol. The zero-order valence-electron chi connectivity index (χ0n) is 67.0. The number of aryl methyl sites for hydroxylation is 4. The molecule has 108 heavy (non-hydrogen) atoms. The van der Waals surface area contributed by atoms with Crippen LogP contribution in [0.1, 0.15) is 210 Å². The number of benzene rings is 8. The van der Waals surface area contributed by atoms with Gasteiger partial charge in [0.25, 0.3) is 0 Å². The number of hydrogen-bond donors (Lipinski definition) is 0. The van der Waals surface area contributed by atoms with E-state index in [4.69, 9.17) is 17.7 Å². The molecule has 4 unspecified atom stereocenters. The Morgan fingerprint density at radius 3 is 0.602 bits per heavy atom. The van der Waals surface area contributed by atoms with E-state index in [1.54, 1.807) is 0 Å². The monoisotopic (exact) mass is 1600 g/mol. The van der Waals surface area contributed by atoms with Gasteiger partial charge in [0, 0.05) is 0 Å². The van der Waals surface area contributed by atoms with Gasteiger partial charge in [0.15, 0.2) is 0 Å². The molecule has 4 atom stereocenters. The van der Waals surface area contributed by atoms with Crippen LogP contribution in [0, 0.1) is 27.7 Å². The normalized spacial score (nSPS) is 16.6. The van der Waals surface area contributed by atoms with Crippen LogP contribution in [0.4, 0.5) is 0 Å². The number of allylic oxidation sites excluding steroid dienone is 4. The van der Waals surface area contributed by atoms with E-state index in [0.29, 0.717) is 14.5 Å². The van der Waals surface area contributed by atoms with Gasteiger partial charge in [-0.2, -0.15) is 0 Å². The van der Waals surface area contributed by atoms with Crippen molar-refractivity contribution >= 4 is 57.5 Å². The van der Waals surface area contributed by atoms with E-state index in [9.17, 15) is 0 Å². The Kier molecular flexibility index (Phi) is 20.5. The van der Waals surface area contributed by atoms with Crippen molar-refractivity contribution in [3.63, 3.8) is 0 Å². The first kappa shape index (κ1) is 75.5. The Bertz CT molecular complexity index is 4980. The molecule has 0 N–H and O–H groups in total. The van der Waals surface area contributed by atoms with Crippen molar-refractivity contribution in [3.05, 3.63) is 331 Å². The maximum absolute atomic E-state index is 6.56. The molecule has 544 valence electrons. The third kappa shape index (κ3) is 14.5. The zero-order chi connectivity index (χ0) is 76.2. The Hall–Kier alpha value is -7.96. The second kappa shape index (κ2) is 29.4. The molecule has 0 saturated heterocycles. The molecule has 0 aliphatic heterocycles. The third-order valence-corrected chi connectivity index (χ3v) is 61.4. The first-order chi connectivity index (χ1) is 51.4. The molecule has 0 fully saturated rings. The molecule has 0 radical (unpaired) electrons. The number of hydrogen-bond acceptors (Lipinski definition) is 4. The molecular weight excluding hydrogens is 1500 g/mol. The van der Waals surface area contributed by atoms with Crippen LogP contribution < -0.4 is 0 Å². The molecule has 0 amide bonds. The molecule has 16 rings (SSSR count). The van der Waals surface area contributed by atoms with E-state index < -0.39 is 51.6 Å². The van der Waals surface area contributed by atoms with Crippen LogP contribution in [0.25, 0.3) is 91.1 Å². The topological polar surface area (TPSA) is 52.6 Å². The predicted octanol–water partition coefficient (Wildman–Crippen LogP) is 28.4. The summed E-state index contributed by atoms with van der Waals surface area (Å²) in [5.74, 6) is 7.93. The molecule has 8 heteroatoms. The second-order valence-corrected chi connectivity index (χ2v) is 71.0. The van der Waals surface area contributed by atoms with Gasteiger partial charge in [0.1, 0.15) is 0 Å². The van der Waals surface area contributed by atoms with Gasteiger partial charge in [-0.05, 0) is 0 Å². The summed E-state index contributed by atoms with van der Waals surface area (Å²) < 4.78 is 27.6. The standard InChI is InChI=1S/4C24H23O.2C2H6Si.2Zr/c4*1-16-8-13-23(25-16)19-14-18-6-5-7-21(22(18)15-19)17-9-11-20(12-10-17)24(2,3)4;2*1-3-2;;/h4*5-15H,1-4H3;2*1-2H3;;. The number of rotatable bonds is 12. The van der Waals surface area contributed by atoms with E-state index in [-0.39, 0.29) is 21.7 Å². The van der Waals surface area contributed by atoms with E-state index in [1.807, 2.05) is 0 Å². The fourth-order valence-corrected chi connectivity index (χ4v) is 56.9. The molecule has 12 aromatic rings. The summed E-state index contributed by atoms with van der Waals surface area (Å²) in [5.41, 5.74) is 31.6. The maximum atomic E-state index is 6.56. The fourth-order valence-electron chi connectivity index (χ4n) is 17.3. The van der Waals surface area contributed by atoms with Gasteiger partial charge < -0.3 is 0 Å². The van der Waals surface area contributed by atoms with Crippen molar-refractivity contribution < 1.29 is 58.4 Å². The summed E-state index contributed by atoms with van der Waals surface area (Å²) in [6.07, 6.45) is 10.0. The summed E-state index contributed by atoms with van der Waals surface area (Å²) in [5, 5.41) is 0. The summed E-state index contributed by atoms with van der Waals surface area (Å²) in [7, 11) is 0. The molecule has 0 bridgehead atoms. The second-order valence-electron chi connectivity index (χ2n) is 35.2. The Balaban J connectivity index is 0.000000172. The van der Waals surface area contributed by atoms with Gasteiger partial charge in [0.05, 0.1) is 0 Å². The van der Waals surface area contributed by atoms with Crippen LogP contribution in [-0.2, 0) is 62.4 Å². The van der Waals surface area contributed by atoms with Crippen molar-refractivity contribution in [2.24, 2.45) is 0 Å². The summed E-state index contributed by atoms with van der Waals surface area (Å²) in [6, 6.07) is 82.7. The molecule has 0 spiro atoms. The molecule has 8 aromatic carbocycles. The van der Waals surface area contributed by atoms with Gasteiger partial charge in [-0.15, -0.1) is 0 Å². The zero-order valence-corrected chi connectivity index (χ0v) is 74.0. The van der Waals surface area contributed by atoms with Crippen LogP contribution in [0.15, 0.2) is 236 Å².